The van der Waals surface area contributed by atoms with Crippen LogP contribution >= 0.6 is 34.7 Å². The maximum absolute atomic E-state index is 6.26. The number of nitrogens with zero attached hydrogens (tertiary/aromatic N) is 3. The van der Waals surface area contributed by atoms with Crippen molar-refractivity contribution < 1.29 is 4.74 Å². The molecule has 0 aliphatic carbocycles. The molecule has 144 valence electrons. The lowest BCUT2D eigenvalue weighted by atomic mass is 10.1. The quantitative estimate of drug-likeness (QED) is 0.391. The Kier molecular flexibility index (Phi) is 5.10. The van der Waals surface area contributed by atoms with Gasteiger partial charge in [-0.25, -0.2) is 0 Å². The number of hydrogen-bond donors (Lipinski definition) is 1. The van der Waals surface area contributed by atoms with Crippen molar-refractivity contribution in [1.29, 1.82) is 0 Å². The molecule has 0 bridgehead atoms. The Morgan fingerprint density at radius 1 is 1.07 bits per heavy atom. The van der Waals surface area contributed by atoms with Gasteiger partial charge in [0.05, 0.1) is 0 Å². The van der Waals surface area contributed by atoms with Crippen LogP contribution in [-0.2, 0) is 5.75 Å². The molecule has 0 saturated heterocycles. The van der Waals surface area contributed by atoms with Crippen LogP contribution in [0.1, 0.15) is 17.4 Å². The van der Waals surface area contributed by atoms with Crippen LogP contribution in [-0.4, -0.2) is 15.2 Å². The fraction of sp³-hybridized carbons (Fsp3) is 0.0952. The second-order valence-electron chi connectivity index (χ2n) is 6.37. The normalized spacial score (nSPS) is 14.9. The Morgan fingerprint density at radius 2 is 1.93 bits per heavy atom. The van der Waals surface area contributed by atoms with E-state index in [0.29, 0.717) is 22.5 Å². The predicted molar refractivity (Wildman–Crippen MR) is 118 cm³/mol. The highest BCUT2D eigenvalue weighted by atomic mass is 35.5. The fourth-order valence-corrected chi connectivity index (χ4v) is 4.78. The molecule has 0 unspecified atom stereocenters. The number of aromatic nitrogens is 3. The van der Waals surface area contributed by atoms with Crippen molar-refractivity contribution in [3.8, 4) is 17.1 Å². The highest BCUT2D eigenvalue weighted by molar-refractivity contribution is 7.98. The minimum atomic E-state index is -0.346. The summed E-state index contributed by atoms with van der Waals surface area (Å²) in [5, 5.41) is 17.6. The Hall–Kier alpha value is -2.61. The average molecular weight is 439 g/mol. The standard InChI is InChI=1S/C21H15ClN4OS2/c22-16-7-3-1-5-13(16)12-29-21-24-20-18(25-26-21)15-6-2-4-8-17(15)23-19(27-20)14-9-10-28-11-14/h1-11,19,23H,12H2/t19-/m1/s1. The third-order valence-electron chi connectivity index (χ3n) is 4.49. The van der Waals surface area contributed by atoms with Gasteiger partial charge in [0.25, 0.3) is 0 Å². The van der Waals surface area contributed by atoms with E-state index in [1.807, 2.05) is 60.0 Å². The molecule has 5 nitrogen and oxygen atoms in total. The van der Waals surface area contributed by atoms with Crippen molar-refractivity contribution in [2.75, 3.05) is 5.32 Å². The van der Waals surface area contributed by atoms with Crippen LogP contribution in [0, 0.1) is 0 Å². The first kappa shape index (κ1) is 18.4. The van der Waals surface area contributed by atoms with Gasteiger partial charge in [-0.3, -0.25) is 0 Å². The molecule has 4 aromatic rings. The summed E-state index contributed by atoms with van der Waals surface area (Å²) in [6.07, 6.45) is -0.346. The van der Waals surface area contributed by atoms with Crippen LogP contribution < -0.4 is 10.1 Å². The highest BCUT2D eigenvalue weighted by Gasteiger charge is 2.26. The van der Waals surface area contributed by atoms with E-state index in [2.05, 4.69) is 25.9 Å². The molecule has 3 heterocycles. The summed E-state index contributed by atoms with van der Waals surface area (Å²) in [5.41, 5.74) is 4.56. The van der Waals surface area contributed by atoms with E-state index in [1.165, 1.54) is 11.8 Å². The lowest BCUT2D eigenvalue weighted by Gasteiger charge is -2.17. The number of hydrogen-bond acceptors (Lipinski definition) is 7. The van der Waals surface area contributed by atoms with E-state index < -0.39 is 0 Å². The Morgan fingerprint density at radius 3 is 2.79 bits per heavy atom. The van der Waals surface area contributed by atoms with Gasteiger partial charge >= 0.3 is 0 Å². The zero-order valence-corrected chi connectivity index (χ0v) is 17.5. The molecule has 0 radical (unpaired) electrons. The second kappa shape index (κ2) is 8.02. The highest BCUT2D eigenvalue weighted by Crippen LogP contribution is 2.40. The van der Waals surface area contributed by atoms with Crippen LogP contribution in [0.4, 0.5) is 5.69 Å². The van der Waals surface area contributed by atoms with Crippen LogP contribution in [0.3, 0.4) is 0 Å². The van der Waals surface area contributed by atoms with E-state index in [1.54, 1.807) is 11.3 Å². The second-order valence-corrected chi connectivity index (χ2v) is 8.50. The first-order valence-corrected chi connectivity index (χ1v) is 11.2. The van der Waals surface area contributed by atoms with Gasteiger partial charge in [-0.1, -0.05) is 59.8 Å². The van der Waals surface area contributed by atoms with Crippen molar-refractivity contribution in [3.63, 3.8) is 0 Å². The van der Waals surface area contributed by atoms with E-state index in [0.717, 1.165) is 27.4 Å². The molecule has 1 aliphatic heterocycles. The SMILES string of the molecule is Clc1ccccc1CSc1nnc2c(n1)O[C@H](c1ccsc1)Nc1ccccc1-2. The van der Waals surface area contributed by atoms with E-state index in [-0.39, 0.29) is 6.23 Å². The van der Waals surface area contributed by atoms with Gasteiger partial charge in [-0.15, -0.1) is 10.2 Å². The maximum Gasteiger partial charge on any atom is 0.247 e. The Bertz CT molecular complexity index is 1150. The predicted octanol–water partition coefficient (Wildman–Crippen LogP) is 6.05. The smallest absolute Gasteiger partial charge is 0.247 e. The van der Waals surface area contributed by atoms with Gasteiger partial charge < -0.3 is 10.1 Å². The molecule has 1 atom stereocenters. The summed E-state index contributed by atoms with van der Waals surface area (Å²) in [7, 11) is 0. The Labute approximate surface area is 181 Å². The molecule has 1 N–H and O–H groups in total. The lowest BCUT2D eigenvalue weighted by molar-refractivity contribution is 0.225. The minimum absolute atomic E-state index is 0.346. The molecule has 5 rings (SSSR count). The number of fused-ring (bicyclic) bond motifs is 3. The Balaban J connectivity index is 1.49. The largest absolute Gasteiger partial charge is 0.448 e. The van der Waals surface area contributed by atoms with Crippen LogP contribution in [0.25, 0.3) is 11.3 Å². The topological polar surface area (TPSA) is 59.9 Å². The molecule has 8 heteroatoms. The number of rotatable bonds is 4. The number of para-hydroxylation sites is 1. The number of thiophene rings is 1. The zero-order chi connectivity index (χ0) is 19.6. The fourth-order valence-electron chi connectivity index (χ4n) is 3.04. The molecule has 0 saturated carbocycles. The van der Waals surface area contributed by atoms with Crippen molar-refractivity contribution in [2.24, 2.45) is 0 Å². The average Bonchev–Trinajstić information content (AvgIpc) is 3.23. The number of benzene rings is 2. The summed E-state index contributed by atoms with van der Waals surface area (Å²) in [5.74, 6) is 1.12. The number of anilines is 1. The van der Waals surface area contributed by atoms with Crippen molar-refractivity contribution in [3.05, 3.63) is 81.5 Å². The molecular weight excluding hydrogens is 424 g/mol. The molecule has 1 aliphatic rings. The van der Waals surface area contributed by atoms with Gasteiger partial charge in [0.1, 0.15) is 0 Å². The van der Waals surface area contributed by atoms with Crippen molar-refractivity contribution >= 4 is 40.4 Å². The zero-order valence-electron chi connectivity index (χ0n) is 15.1. The first-order valence-electron chi connectivity index (χ1n) is 8.93. The van der Waals surface area contributed by atoms with Gasteiger partial charge in [-0.2, -0.15) is 16.3 Å². The summed E-state index contributed by atoms with van der Waals surface area (Å²) >= 11 is 9.37. The molecular formula is C21H15ClN4OS2. The molecule has 2 aromatic carbocycles. The van der Waals surface area contributed by atoms with Crippen LogP contribution in [0.15, 0.2) is 70.5 Å². The number of nitrogens with one attached hydrogen (secondary N) is 1. The first-order chi connectivity index (χ1) is 14.3. The van der Waals surface area contributed by atoms with Gasteiger partial charge in [0.2, 0.25) is 11.0 Å². The van der Waals surface area contributed by atoms with E-state index >= 15 is 0 Å². The number of thioether (sulfide) groups is 1. The van der Waals surface area contributed by atoms with Crippen molar-refractivity contribution in [2.45, 2.75) is 17.1 Å². The minimum Gasteiger partial charge on any atom is -0.448 e. The molecule has 0 spiro atoms. The monoisotopic (exact) mass is 438 g/mol. The number of ether oxygens (including phenoxy) is 1. The third kappa shape index (κ3) is 3.81. The van der Waals surface area contributed by atoms with E-state index in [9.17, 15) is 0 Å². The number of halogens is 1. The lowest BCUT2D eigenvalue weighted by Crippen LogP contribution is -2.16. The summed E-state index contributed by atoms with van der Waals surface area (Å²) in [6.45, 7) is 0. The molecule has 2 aromatic heterocycles. The van der Waals surface area contributed by atoms with Gasteiger partial charge in [0, 0.05) is 27.6 Å². The maximum atomic E-state index is 6.26. The van der Waals surface area contributed by atoms with Gasteiger partial charge in [0.15, 0.2) is 11.9 Å². The van der Waals surface area contributed by atoms with Crippen LogP contribution in [0.5, 0.6) is 5.88 Å². The molecule has 29 heavy (non-hydrogen) atoms. The van der Waals surface area contributed by atoms with E-state index in [4.69, 9.17) is 16.3 Å². The summed E-state index contributed by atoms with van der Waals surface area (Å²) < 4.78 is 6.24. The van der Waals surface area contributed by atoms with Crippen LogP contribution in [0.2, 0.25) is 5.02 Å². The molecule has 0 amide bonds. The summed E-state index contributed by atoms with van der Waals surface area (Å²) in [4.78, 5) is 4.66. The third-order valence-corrected chi connectivity index (χ3v) is 6.45. The summed E-state index contributed by atoms with van der Waals surface area (Å²) in [6, 6.07) is 17.8. The van der Waals surface area contributed by atoms with Gasteiger partial charge in [-0.05, 0) is 34.5 Å². The molecule has 0 fully saturated rings. The van der Waals surface area contributed by atoms with Crippen molar-refractivity contribution in [1.82, 2.24) is 15.2 Å².